The number of primary amides is 1. The Bertz CT molecular complexity index is 776. The standard InChI is InChI=1S/C14H12N4O/c15-13(19)10-3-1-2-8(6-10)9-4-5-11-12(7-9)18-14(16)17-11/h1-7H,(H2,15,19)(H3,16,17,18). The quantitative estimate of drug-likeness (QED) is 0.649. The Balaban J connectivity index is 2.12. The molecule has 0 saturated carbocycles. The fourth-order valence-electron chi connectivity index (χ4n) is 2.06. The maximum absolute atomic E-state index is 11.2. The van der Waals surface area contributed by atoms with E-state index in [9.17, 15) is 4.79 Å². The summed E-state index contributed by atoms with van der Waals surface area (Å²) in [5.41, 5.74) is 15.0. The smallest absolute Gasteiger partial charge is 0.248 e. The van der Waals surface area contributed by atoms with Crippen LogP contribution in [0.1, 0.15) is 10.4 Å². The summed E-state index contributed by atoms with van der Waals surface area (Å²) >= 11 is 0. The first kappa shape index (κ1) is 11.3. The number of aromatic amines is 1. The number of H-pyrrole nitrogens is 1. The second-order valence-electron chi connectivity index (χ2n) is 4.30. The summed E-state index contributed by atoms with van der Waals surface area (Å²) in [6.45, 7) is 0. The van der Waals surface area contributed by atoms with Gasteiger partial charge in [-0.15, -0.1) is 0 Å². The number of carbonyl (C=O) groups excluding carboxylic acids is 1. The molecule has 0 bridgehead atoms. The number of anilines is 1. The van der Waals surface area contributed by atoms with Gasteiger partial charge in [0.05, 0.1) is 11.0 Å². The molecule has 0 aliphatic heterocycles. The van der Waals surface area contributed by atoms with Gasteiger partial charge in [0.2, 0.25) is 5.91 Å². The lowest BCUT2D eigenvalue weighted by Crippen LogP contribution is -2.10. The summed E-state index contributed by atoms with van der Waals surface area (Å²) in [4.78, 5) is 18.3. The zero-order chi connectivity index (χ0) is 13.4. The minimum absolute atomic E-state index is 0.387. The summed E-state index contributed by atoms with van der Waals surface area (Å²) < 4.78 is 0. The SMILES string of the molecule is NC(=O)c1cccc(-c2ccc3nc(N)[nH]c3c2)c1. The van der Waals surface area contributed by atoms with E-state index in [4.69, 9.17) is 11.5 Å². The summed E-state index contributed by atoms with van der Waals surface area (Å²) in [6, 6.07) is 13.0. The number of imidazole rings is 1. The van der Waals surface area contributed by atoms with Crippen molar-refractivity contribution in [3.63, 3.8) is 0 Å². The Morgan fingerprint density at radius 2 is 1.89 bits per heavy atom. The van der Waals surface area contributed by atoms with Crippen molar-refractivity contribution < 1.29 is 4.79 Å². The van der Waals surface area contributed by atoms with E-state index in [0.29, 0.717) is 11.5 Å². The molecule has 0 unspecified atom stereocenters. The Labute approximate surface area is 109 Å². The molecule has 2 aromatic carbocycles. The van der Waals surface area contributed by atoms with Gasteiger partial charge in [-0.3, -0.25) is 4.79 Å². The van der Waals surface area contributed by atoms with Gasteiger partial charge in [-0.2, -0.15) is 0 Å². The van der Waals surface area contributed by atoms with Gasteiger partial charge in [0, 0.05) is 5.56 Å². The van der Waals surface area contributed by atoms with Crippen LogP contribution >= 0.6 is 0 Å². The second-order valence-corrected chi connectivity index (χ2v) is 4.30. The highest BCUT2D eigenvalue weighted by atomic mass is 16.1. The van der Waals surface area contributed by atoms with Gasteiger partial charge in [0.25, 0.3) is 0 Å². The maximum atomic E-state index is 11.2. The number of nitrogens with two attached hydrogens (primary N) is 2. The molecular weight excluding hydrogens is 240 g/mol. The summed E-state index contributed by atoms with van der Waals surface area (Å²) in [7, 11) is 0. The average molecular weight is 252 g/mol. The van der Waals surface area contributed by atoms with E-state index in [0.717, 1.165) is 22.2 Å². The van der Waals surface area contributed by atoms with Crippen LogP contribution in [0.15, 0.2) is 42.5 Å². The van der Waals surface area contributed by atoms with Crippen LogP contribution in [0.5, 0.6) is 0 Å². The number of nitrogen functional groups attached to an aromatic ring is 1. The van der Waals surface area contributed by atoms with E-state index >= 15 is 0 Å². The number of rotatable bonds is 2. The van der Waals surface area contributed by atoms with E-state index in [1.807, 2.05) is 24.3 Å². The van der Waals surface area contributed by atoms with Crippen LogP contribution in [0, 0.1) is 0 Å². The van der Waals surface area contributed by atoms with E-state index in [1.54, 1.807) is 18.2 Å². The maximum Gasteiger partial charge on any atom is 0.248 e. The molecule has 5 nitrogen and oxygen atoms in total. The molecule has 0 fully saturated rings. The largest absolute Gasteiger partial charge is 0.369 e. The molecule has 3 aromatic rings. The fourth-order valence-corrected chi connectivity index (χ4v) is 2.06. The number of aromatic nitrogens is 2. The van der Waals surface area contributed by atoms with Crippen molar-refractivity contribution in [1.29, 1.82) is 0 Å². The molecular formula is C14H12N4O. The first-order valence-electron chi connectivity index (χ1n) is 5.79. The third-order valence-corrected chi connectivity index (χ3v) is 2.98. The monoisotopic (exact) mass is 252 g/mol. The molecule has 1 aromatic heterocycles. The van der Waals surface area contributed by atoms with Crippen molar-refractivity contribution in [2.24, 2.45) is 5.73 Å². The molecule has 19 heavy (non-hydrogen) atoms. The highest BCUT2D eigenvalue weighted by Crippen LogP contribution is 2.24. The van der Waals surface area contributed by atoms with Gasteiger partial charge in [-0.05, 0) is 35.4 Å². The van der Waals surface area contributed by atoms with Gasteiger partial charge < -0.3 is 16.5 Å². The van der Waals surface area contributed by atoms with E-state index in [2.05, 4.69) is 9.97 Å². The molecule has 3 rings (SSSR count). The van der Waals surface area contributed by atoms with Crippen molar-refractivity contribution in [3.05, 3.63) is 48.0 Å². The summed E-state index contributed by atoms with van der Waals surface area (Å²) in [5, 5.41) is 0. The van der Waals surface area contributed by atoms with Crippen LogP contribution in [0.2, 0.25) is 0 Å². The molecule has 5 heteroatoms. The van der Waals surface area contributed by atoms with E-state index in [-0.39, 0.29) is 0 Å². The summed E-state index contributed by atoms with van der Waals surface area (Å²) in [6.07, 6.45) is 0. The number of hydrogen-bond acceptors (Lipinski definition) is 3. The minimum Gasteiger partial charge on any atom is -0.369 e. The number of nitrogens with one attached hydrogen (secondary N) is 1. The van der Waals surface area contributed by atoms with Crippen LogP contribution < -0.4 is 11.5 Å². The van der Waals surface area contributed by atoms with Crippen LogP contribution in [-0.2, 0) is 0 Å². The number of fused-ring (bicyclic) bond motifs is 1. The van der Waals surface area contributed by atoms with Gasteiger partial charge >= 0.3 is 0 Å². The van der Waals surface area contributed by atoms with Crippen LogP contribution in [-0.4, -0.2) is 15.9 Å². The van der Waals surface area contributed by atoms with Crippen molar-refractivity contribution in [2.45, 2.75) is 0 Å². The predicted octanol–water partition coefficient (Wildman–Crippen LogP) is 1.91. The van der Waals surface area contributed by atoms with Crippen molar-refractivity contribution in [3.8, 4) is 11.1 Å². The minimum atomic E-state index is -0.436. The van der Waals surface area contributed by atoms with Crippen molar-refractivity contribution in [2.75, 3.05) is 5.73 Å². The normalized spacial score (nSPS) is 10.7. The zero-order valence-electron chi connectivity index (χ0n) is 10.1. The van der Waals surface area contributed by atoms with Gasteiger partial charge in [0.1, 0.15) is 0 Å². The molecule has 5 N–H and O–H groups in total. The Hall–Kier alpha value is -2.82. The van der Waals surface area contributed by atoms with Crippen molar-refractivity contribution >= 4 is 22.9 Å². The number of hydrogen-bond donors (Lipinski definition) is 3. The first-order valence-corrected chi connectivity index (χ1v) is 5.79. The fraction of sp³-hybridized carbons (Fsp3) is 0. The number of benzene rings is 2. The molecule has 0 radical (unpaired) electrons. The Morgan fingerprint density at radius 1 is 1.11 bits per heavy atom. The van der Waals surface area contributed by atoms with Crippen LogP contribution in [0.3, 0.4) is 0 Å². The third kappa shape index (κ3) is 2.01. The topological polar surface area (TPSA) is 97.8 Å². The van der Waals surface area contributed by atoms with E-state index in [1.165, 1.54) is 0 Å². The van der Waals surface area contributed by atoms with Crippen molar-refractivity contribution in [1.82, 2.24) is 9.97 Å². The van der Waals surface area contributed by atoms with Gasteiger partial charge in [-0.25, -0.2) is 4.98 Å². The highest BCUT2D eigenvalue weighted by molar-refractivity contribution is 5.94. The lowest BCUT2D eigenvalue weighted by molar-refractivity contribution is 0.100. The van der Waals surface area contributed by atoms with E-state index < -0.39 is 5.91 Å². The molecule has 0 aliphatic rings. The van der Waals surface area contributed by atoms with Gasteiger partial charge in [-0.1, -0.05) is 18.2 Å². The molecule has 0 saturated heterocycles. The molecule has 94 valence electrons. The lowest BCUT2D eigenvalue weighted by Gasteiger charge is -2.03. The Kier molecular flexibility index (Phi) is 2.45. The summed E-state index contributed by atoms with van der Waals surface area (Å²) in [5.74, 6) is -0.0493. The molecule has 0 spiro atoms. The molecule has 0 aliphatic carbocycles. The van der Waals surface area contributed by atoms with Gasteiger partial charge in [0.15, 0.2) is 5.95 Å². The predicted molar refractivity (Wildman–Crippen MR) is 74.5 cm³/mol. The number of amides is 1. The lowest BCUT2D eigenvalue weighted by atomic mass is 10.0. The molecule has 1 amide bonds. The second kappa shape index (κ2) is 4.13. The first-order chi connectivity index (χ1) is 9.13. The van der Waals surface area contributed by atoms with Crippen LogP contribution in [0.4, 0.5) is 5.95 Å². The number of nitrogens with zero attached hydrogens (tertiary/aromatic N) is 1. The third-order valence-electron chi connectivity index (χ3n) is 2.98. The highest BCUT2D eigenvalue weighted by Gasteiger charge is 2.05. The average Bonchev–Trinajstić information content (AvgIpc) is 2.77. The van der Waals surface area contributed by atoms with Crippen LogP contribution in [0.25, 0.3) is 22.2 Å². The molecule has 0 atom stereocenters. The molecule has 1 heterocycles. The number of carbonyl (C=O) groups is 1. The Morgan fingerprint density at radius 3 is 2.68 bits per heavy atom. The zero-order valence-corrected chi connectivity index (χ0v) is 10.1.